The maximum Gasteiger partial charge on any atom is 0.123 e. The lowest BCUT2D eigenvalue weighted by atomic mass is 9.68. The van der Waals surface area contributed by atoms with E-state index in [-0.39, 0.29) is 5.41 Å². The van der Waals surface area contributed by atoms with Crippen molar-refractivity contribution >= 4 is 43.1 Å². The fourth-order valence-electron chi connectivity index (χ4n) is 8.47. The Morgan fingerprint density at radius 3 is 1.98 bits per heavy atom. The zero-order valence-electron chi connectivity index (χ0n) is 30.2. The lowest BCUT2D eigenvalue weighted by Gasteiger charge is -2.36. The van der Waals surface area contributed by atoms with Gasteiger partial charge in [-0.05, 0) is 109 Å². The van der Waals surface area contributed by atoms with Crippen molar-refractivity contribution in [2.45, 2.75) is 112 Å². The third-order valence-corrected chi connectivity index (χ3v) is 11.3. The summed E-state index contributed by atoms with van der Waals surface area (Å²) in [6.45, 7) is 19.1. The molecule has 2 atom stereocenters. The molecule has 0 bridgehead atoms. The van der Waals surface area contributed by atoms with E-state index in [9.17, 15) is 5.11 Å². The van der Waals surface area contributed by atoms with Crippen molar-refractivity contribution in [3.63, 3.8) is 0 Å². The van der Waals surface area contributed by atoms with Crippen LogP contribution in [0, 0.1) is 16.7 Å². The topological polar surface area (TPSA) is 20.2 Å². The highest BCUT2D eigenvalue weighted by Crippen LogP contribution is 2.47. The van der Waals surface area contributed by atoms with Gasteiger partial charge in [-0.1, -0.05) is 154 Å². The summed E-state index contributed by atoms with van der Waals surface area (Å²) in [6.07, 6.45) is 8.21. The van der Waals surface area contributed by atoms with Crippen LogP contribution in [0.1, 0.15) is 122 Å². The highest BCUT2D eigenvalue weighted by molar-refractivity contribution is 6.25. The molecular weight excluding hydrogens is 569 g/mol. The minimum atomic E-state index is 0.103. The predicted octanol–water partition coefficient (Wildman–Crippen LogP) is 13.9. The molecule has 0 saturated carbocycles. The summed E-state index contributed by atoms with van der Waals surface area (Å²) >= 11 is 0. The van der Waals surface area contributed by atoms with Gasteiger partial charge in [-0.2, -0.15) is 0 Å². The summed E-state index contributed by atoms with van der Waals surface area (Å²) in [4.78, 5) is 0. The fraction of sp³-hybridized carbons (Fsp3) is 0.435. The van der Waals surface area contributed by atoms with Crippen molar-refractivity contribution in [1.29, 1.82) is 0 Å². The standard InChI is InChI=1S/C46H56O/c1-9-10-22-46(7,8)41(34-16-15-32-13-11-12-14-33(32)24-34)27-38-28-42(47)40-20-18-36-26-37(25-35-17-19-39(38)44(40)43(35)36)31(4)29-45(5,6)23-21-30(2)3/h11-20,24-26,28,30-31,41,47H,9-10,21-23,27,29H2,1-8H3. The van der Waals surface area contributed by atoms with Gasteiger partial charge in [0.25, 0.3) is 0 Å². The van der Waals surface area contributed by atoms with Crippen molar-refractivity contribution in [1.82, 2.24) is 0 Å². The van der Waals surface area contributed by atoms with E-state index < -0.39 is 0 Å². The highest BCUT2D eigenvalue weighted by Gasteiger charge is 2.32. The summed E-state index contributed by atoms with van der Waals surface area (Å²) < 4.78 is 0. The van der Waals surface area contributed by atoms with Gasteiger partial charge in [-0.15, -0.1) is 0 Å². The van der Waals surface area contributed by atoms with Gasteiger partial charge in [-0.3, -0.25) is 0 Å². The van der Waals surface area contributed by atoms with Crippen LogP contribution in [0.5, 0.6) is 5.75 Å². The van der Waals surface area contributed by atoms with Crippen LogP contribution in [-0.2, 0) is 6.42 Å². The second-order valence-corrected chi connectivity index (χ2v) is 16.7. The molecule has 0 aromatic heterocycles. The van der Waals surface area contributed by atoms with Crippen LogP contribution < -0.4 is 0 Å². The summed E-state index contributed by atoms with van der Waals surface area (Å²) in [6, 6.07) is 31.8. The van der Waals surface area contributed by atoms with Gasteiger partial charge < -0.3 is 5.11 Å². The molecule has 1 heteroatoms. The van der Waals surface area contributed by atoms with Crippen LogP contribution in [0.4, 0.5) is 0 Å². The van der Waals surface area contributed by atoms with E-state index in [0.717, 1.165) is 17.7 Å². The predicted molar refractivity (Wildman–Crippen MR) is 206 cm³/mol. The molecule has 6 rings (SSSR count). The van der Waals surface area contributed by atoms with Crippen molar-refractivity contribution in [2.75, 3.05) is 0 Å². The highest BCUT2D eigenvalue weighted by atomic mass is 16.3. The Kier molecular flexibility index (Phi) is 9.32. The summed E-state index contributed by atoms with van der Waals surface area (Å²) in [5.41, 5.74) is 4.48. The first-order chi connectivity index (χ1) is 22.4. The zero-order valence-corrected chi connectivity index (χ0v) is 30.2. The lowest BCUT2D eigenvalue weighted by molar-refractivity contribution is 0.252. The molecular formula is C46H56O. The van der Waals surface area contributed by atoms with Gasteiger partial charge in [-0.25, -0.2) is 0 Å². The Balaban J connectivity index is 1.43. The van der Waals surface area contributed by atoms with Crippen LogP contribution in [0.25, 0.3) is 43.1 Å². The zero-order chi connectivity index (χ0) is 33.5. The third kappa shape index (κ3) is 6.87. The molecule has 246 valence electrons. The molecule has 1 nitrogen and oxygen atoms in total. The lowest BCUT2D eigenvalue weighted by Crippen LogP contribution is -2.24. The normalized spacial score (nSPS) is 14.2. The maximum absolute atomic E-state index is 11.6. The average Bonchev–Trinajstić information content (AvgIpc) is 3.04. The minimum absolute atomic E-state index is 0.103. The molecule has 6 aromatic carbocycles. The molecule has 0 heterocycles. The molecule has 0 radical (unpaired) electrons. The molecule has 6 aromatic rings. The molecule has 0 aliphatic rings. The smallest absolute Gasteiger partial charge is 0.123 e. The summed E-state index contributed by atoms with van der Waals surface area (Å²) in [7, 11) is 0. The largest absolute Gasteiger partial charge is 0.507 e. The van der Waals surface area contributed by atoms with Gasteiger partial charge >= 0.3 is 0 Å². The van der Waals surface area contributed by atoms with E-state index in [1.807, 2.05) is 0 Å². The molecule has 0 saturated heterocycles. The van der Waals surface area contributed by atoms with E-state index >= 15 is 0 Å². The second kappa shape index (κ2) is 13.1. The Hall–Kier alpha value is -3.58. The molecule has 0 spiro atoms. The number of benzene rings is 6. The molecule has 0 aliphatic heterocycles. The Morgan fingerprint density at radius 1 is 0.660 bits per heavy atom. The first-order valence-electron chi connectivity index (χ1n) is 18.3. The SMILES string of the molecule is CCCCC(C)(C)C(Cc1cc(O)c2ccc3cc(C(C)CC(C)(C)CCC(C)C)cc4ccc1c2c34)c1ccc2ccccc2c1. The Labute approximate surface area is 283 Å². The minimum Gasteiger partial charge on any atom is -0.507 e. The molecule has 0 amide bonds. The number of aromatic hydroxyl groups is 1. The van der Waals surface area contributed by atoms with Gasteiger partial charge in [0.15, 0.2) is 0 Å². The van der Waals surface area contributed by atoms with E-state index in [2.05, 4.69) is 140 Å². The van der Waals surface area contributed by atoms with Crippen LogP contribution in [-0.4, -0.2) is 5.11 Å². The van der Waals surface area contributed by atoms with Crippen molar-refractivity contribution < 1.29 is 5.11 Å². The van der Waals surface area contributed by atoms with Gasteiger partial charge in [0.05, 0.1) is 0 Å². The maximum atomic E-state index is 11.6. The first kappa shape index (κ1) is 33.3. The van der Waals surface area contributed by atoms with Crippen LogP contribution >= 0.6 is 0 Å². The van der Waals surface area contributed by atoms with Gasteiger partial charge in [0.2, 0.25) is 0 Å². The Bertz CT molecular complexity index is 1970. The van der Waals surface area contributed by atoms with Crippen LogP contribution in [0.2, 0.25) is 0 Å². The van der Waals surface area contributed by atoms with Gasteiger partial charge in [0.1, 0.15) is 5.75 Å². The Morgan fingerprint density at radius 2 is 1.30 bits per heavy atom. The van der Waals surface area contributed by atoms with E-state index in [1.165, 1.54) is 92.9 Å². The number of hydrogen-bond acceptors (Lipinski definition) is 1. The summed E-state index contributed by atoms with van der Waals surface area (Å²) in [5, 5.41) is 21.5. The monoisotopic (exact) mass is 624 g/mol. The summed E-state index contributed by atoms with van der Waals surface area (Å²) in [5.74, 6) is 1.95. The molecule has 0 aliphatic carbocycles. The van der Waals surface area contributed by atoms with Crippen molar-refractivity contribution in [2.24, 2.45) is 16.7 Å². The van der Waals surface area contributed by atoms with E-state index in [0.29, 0.717) is 23.0 Å². The quantitative estimate of drug-likeness (QED) is 0.127. The third-order valence-electron chi connectivity index (χ3n) is 11.3. The number of hydrogen-bond donors (Lipinski definition) is 1. The first-order valence-corrected chi connectivity index (χ1v) is 18.3. The average molecular weight is 625 g/mol. The second-order valence-electron chi connectivity index (χ2n) is 16.7. The van der Waals surface area contributed by atoms with Crippen LogP contribution in [0.3, 0.4) is 0 Å². The van der Waals surface area contributed by atoms with Crippen molar-refractivity contribution in [3.8, 4) is 5.75 Å². The van der Waals surface area contributed by atoms with E-state index in [1.54, 1.807) is 0 Å². The number of phenols is 1. The van der Waals surface area contributed by atoms with Gasteiger partial charge in [0, 0.05) is 10.8 Å². The fourth-order valence-corrected chi connectivity index (χ4v) is 8.47. The molecule has 2 unspecified atom stereocenters. The number of fused-ring (bicyclic) bond motifs is 1. The van der Waals surface area contributed by atoms with E-state index in [4.69, 9.17) is 0 Å². The molecule has 47 heavy (non-hydrogen) atoms. The molecule has 1 N–H and O–H groups in total. The molecule has 0 fully saturated rings. The van der Waals surface area contributed by atoms with Crippen LogP contribution in [0.15, 0.2) is 84.9 Å². The van der Waals surface area contributed by atoms with Crippen molar-refractivity contribution in [3.05, 3.63) is 102 Å². The number of phenolic OH excluding ortho intramolecular Hbond substituents is 1. The number of rotatable bonds is 13. The number of unbranched alkanes of at least 4 members (excludes halogenated alkanes) is 1.